The molecule has 2 rings (SSSR count). The van der Waals surface area contributed by atoms with Crippen molar-refractivity contribution in [2.75, 3.05) is 0 Å². The van der Waals surface area contributed by atoms with Gasteiger partial charge in [0.1, 0.15) is 9.09 Å². The van der Waals surface area contributed by atoms with Crippen molar-refractivity contribution < 1.29 is 22.8 Å². The predicted molar refractivity (Wildman–Crippen MR) is 71.3 cm³/mol. The lowest BCUT2D eigenvalue weighted by Crippen LogP contribution is -2.22. The van der Waals surface area contributed by atoms with E-state index < -0.39 is 16.0 Å². The summed E-state index contributed by atoms with van der Waals surface area (Å²) in [6.07, 6.45) is 0. The summed E-state index contributed by atoms with van der Waals surface area (Å²) < 4.78 is 31.3. The lowest BCUT2D eigenvalue weighted by molar-refractivity contribution is 0.0701. The van der Waals surface area contributed by atoms with Crippen molar-refractivity contribution >= 4 is 27.3 Å². The van der Waals surface area contributed by atoms with Crippen LogP contribution in [-0.2, 0) is 16.6 Å². The Labute approximate surface area is 119 Å². The van der Waals surface area contributed by atoms with Crippen molar-refractivity contribution in [3.8, 4) is 0 Å². The van der Waals surface area contributed by atoms with Crippen LogP contribution >= 0.6 is 11.3 Å². The largest absolute Gasteiger partial charge is 0.477 e. The molecule has 108 valence electrons. The van der Waals surface area contributed by atoms with E-state index in [2.05, 4.69) is 9.88 Å². The van der Waals surface area contributed by atoms with Crippen molar-refractivity contribution in [1.29, 1.82) is 0 Å². The zero-order valence-corrected chi connectivity index (χ0v) is 12.3. The summed E-state index contributed by atoms with van der Waals surface area (Å²) in [5, 5.41) is 12.6. The fourth-order valence-corrected chi connectivity index (χ4v) is 3.95. The van der Waals surface area contributed by atoms with E-state index in [1.807, 2.05) is 0 Å². The molecule has 0 amide bonds. The summed E-state index contributed by atoms with van der Waals surface area (Å²) in [7, 11) is -3.77. The quantitative estimate of drug-likeness (QED) is 0.865. The van der Waals surface area contributed by atoms with Crippen molar-refractivity contribution in [1.82, 2.24) is 9.88 Å². The number of aryl methyl sites for hydroxylation is 2. The fourth-order valence-electron chi connectivity index (χ4n) is 1.53. The Morgan fingerprint density at radius 3 is 2.65 bits per heavy atom. The minimum absolute atomic E-state index is 0.0147. The van der Waals surface area contributed by atoms with E-state index in [4.69, 9.17) is 9.63 Å². The maximum absolute atomic E-state index is 12.0. The lowest BCUT2D eigenvalue weighted by atomic mass is 10.3. The number of aromatic carboxylic acids is 1. The molecule has 0 fully saturated rings. The Bertz CT molecular complexity index is 745. The van der Waals surface area contributed by atoms with Gasteiger partial charge >= 0.3 is 5.97 Å². The molecule has 0 aliphatic rings. The summed E-state index contributed by atoms with van der Waals surface area (Å²) in [4.78, 5) is 10.9. The molecular formula is C11H12N2O5S2. The lowest BCUT2D eigenvalue weighted by Gasteiger charge is -2.01. The van der Waals surface area contributed by atoms with Gasteiger partial charge in [-0.2, -0.15) is 0 Å². The van der Waals surface area contributed by atoms with Crippen molar-refractivity contribution in [3.05, 3.63) is 34.0 Å². The van der Waals surface area contributed by atoms with E-state index in [1.165, 1.54) is 6.07 Å². The van der Waals surface area contributed by atoms with Crippen molar-refractivity contribution in [2.24, 2.45) is 0 Å². The maximum atomic E-state index is 12.0. The second-order valence-corrected chi connectivity index (χ2v) is 7.19. The van der Waals surface area contributed by atoms with Crippen LogP contribution in [-0.4, -0.2) is 24.7 Å². The molecule has 0 aliphatic heterocycles. The molecule has 2 N–H and O–H groups in total. The van der Waals surface area contributed by atoms with Crippen LogP contribution in [0.25, 0.3) is 0 Å². The van der Waals surface area contributed by atoms with E-state index in [1.54, 1.807) is 19.9 Å². The second-order valence-electron chi connectivity index (χ2n) is 4.14. The second kappa shape index (κ2) is 5.35. The van der Waals surface area contributed by atoms with Gasteiger partial charge in [0, 0.05) is 6.07 Å². The van der Waals surface area contributed by atoms with Gasteiger partial charge < -0.3 is 9.63 Å². The fraction of sp³-hybridized carbons (Fsp3) is 0.273. The highest BCUT2D eigenvalue weighted by Gasteiger charge is 2.21. The Morgan fingerprint density at radius 2 is 2.15 bits per heavy atom. The van der Waals surface area contributed by atoms with E-state index in [9.17, 15) is 13.2 Å². The van der Waals surface area contributed by atoms with Gasteiger partial charge in [-0.1, -0.05) is 5.16 Å². The number of hydrogen-bond donors (Lipinski definition) is 2. The van der Waals surface area contributed by atoms with Crippen LogP contribution in [0.5, 0.6) is 0 Å². The monoisotopic (exact) mass is 316 g/mol. The molecule has 0 saturated carbocycles. The molecule has 0 aromatic carbocycles. The van der Waals surface area contributed by atoms with Gasteiger partial charge in [-0.3, -0.25) is 0 Å². The number of rotatable bonds is 5. The number of aromatic nitrogens is 1. The summed E-state index contributed by atoms with van der Waals surface area (Å²) in [6, 6.07) is 2.95. The number of carbonyl (C=O) groups is 1. The molecule has 9 heteroatoms. The van der Waals surface area contributed by atoms with Crippen molar-refractivity contribution in [2.45, 2.75) is 24.6 Å². The topological polar surface area (TPSA) is 110 Å². The normalized spacial score (nSPS) is 11.7. The van der Waals surface area contributed by atoms with Crippen molar-refractivity contribution in [3.63, 3.8) is 0 Å². The summed E-state index contributed by atoms with van der Waals surface area (Å²) in [6.45, 7) is 3.24. The summed E-state index contributed by atoms with van der Waals surface area (Å²) in [5.74, 6) is -0.752. The molecule has 0 atom stereocenters. The molecule has 2 aromatic rings. The van der Waals surface area contributed by atoms with E-state index in [0.29, 0.717) is 17.0 Å². The summed E-state index contributed by atoms with van der Waals surface area (Å²) >= 11 is 0.719. The number of sulfonamides is 1. The number of hydrogen-bond acceptors (Lipinski definition) is 6. The van der Waals surface area contributed by atoms with Crippen LogP contribution in [0.3, 0.4) is 0 Å². The Morgan fingerprint density at radius 1 is 1.45 bits per heavy atom. The molecule has 2 heterocycles. The van der Waals surface area contributed by atoms with Crippen LogP contribution in [0, 0.1) is 13.8 Å². The van der Waals surface area contributed by atoms with E-state index in [-0.39, 0.29) is 15.6 Å². The smallest absolute Gasteiger partial charge is 0.346 e. The SMILES string of the molecule is Cc1cc(CNS(=O)(=O)c2cc(C)c(C(=O)O)s2)on1. The predicted octanol–water partition coefficient (Wildman–Crippen LogP) is 1.53. The first kappa shape index (κ1) is 14.7. The van der Waals surface area contributed by atoms with Crippen LogP contribution in [0.2, 0.25) is 0 Å². The molecular weight excluding hydrogens is 304 g/mol. The van der Waals surface area contributed by atoms with Crippen LogP contribution in [0.1, 0.15) is 26.7 Å². The molecule has 7 nitrogen and oxygen atoms in total. The molecule has 20 heavy (non-hydrogen) atoms. The Hall–Kier alpha value is -1.71. The summed E-state index contributed by atoms with van der Waals surface area (Å²) in [5.41, 5.74) is 1.07. The van der Waals surface area contributed by atoms with Gasteiger partial charge in [0.15, 0.2) is 5.76 Å². The average molecular weight is 316 g/mol. The molecule has 0 unspecified atom stereocenters. The third-order valence-electron chi connectivity index (χ3n) is 2.47. The van der Waals surface area contributed by atoms with E-state index in [0.717, 1.165) is 11.3 Å². The van der Waals surface area contributed by atoms with Crippen LogP contribution in [0.4, 0.5) is 0 Å². The third-order valence-corrected chi connectivity index (χ3v) is 5.57. The average Bonchev–Trinajstić information content (AvgIpc) is 2.93. The first-order valence-electron chi connectivity index (χ1n) is 5.55. The number of carboxylic acid groups (broad SMARTS) is 1. The zero-order chi connectivity index (χ0) is 14.9. The molecule has 0 bridgehead atoms. The van der Waals surface area contributed by atoms with Crippen LogP contribution in [0.15, 0.2) is 20.9 Å². The molecule has 0 aliphatic carbocycles. The number of thiophene rings is 1. The Balaban J connectivity index is 2.18. The van der Waals surface area contributed by atoms with Crippen LogP contribution < -0.4 is 4.72 Å². The highest BCUT2D eigenvalue weighted by atomic mass is 32.2. The highest BCUT2D eigenvalue weighted by Crippen LogP contribution is 2.26. The third kappa shape index (κ3) is 3.06. The van der Waals surface area contributed by atoms with Gasteiger partial charge in [0.05, 0.1) is 12.2 Å². The molecule has 2 aromatic heterocycles. The van der Waals surface area contributed by atoms with E-state index >= 15 is 0 Å². The maximum Gasteiger partial charge on any atom is 0.346 e. The van der Waals surface area contributed by atoms with Gasteiger partial charge in [0.2, 0.25) is 10.0 Å². The number of carboxylic acids is 1. The highest BCUT2D eigenvalue weighted by molar-refractivity contribution is 7.91. The standard InChI is InChI=1S/C11H12N2O5S2/c1-6-3-9(19-10(6)11(14)15)20(16,17)12-5-8-4-7(2)13-18-8/h3-4,12H,5H2,1-2H3,(H,14,15). The van der Waals surface area contributed by atoms with Gasteiger partial charge in [-0.05, 0) is 25.5 Å². The first-order valence-corrected chi connectivity index (χ1v) is 7.85. The molecule has 0 spiro atoms. The Kier molecular flexibility index (Phi) is 3.93. The first-order chi connectivity index (χ1) is 9.29. The molecule has 0 radical (unpaired) electrons. The van der Waals surface area contributed by atoms with Gasteiger partial charge in [0.25, 0.3) is 0 Å². The molecule has 0 saturated heterocycles. The van der Waals surface area contributed by atoms with Gasteiger partial charge in [-0.25, -0.2) is 17.9 Å². The minimum Gasteiger partial charge on any atom is -0.477 e. The number of nitrogens with one attached hydrogen (secondary N) is 1. The zero-order valence-electron chi connectivity index (χ0n) is 10.7. The number of nitrogens with zero attached hydrogens (tertiary/aromatic N) is 1. The minimum atomic E-state index is -3.77. The van der Waals surface area contributed by atoms with Gasteiger partial charge in [-0.15, -0.1) is 11.3 Å².